The Labute approximate surface area is 121 Å². The molecule has 0 saturated carbocycles. The summed E-state index contributed by atoms with van der Waals surface area (Å²) in [4.78, 5) is 3.91. The lowest BCUT2D eigenvalue weighted by atomic mass is 10.2. The van der Waals surface area contributed by atoms with E-state index in [2.05, 4.69) is 26.2 Å². The van der Waals surface area contributed by atoms with Crippen LogP contribution in [0.25, 0.3) is 0 Å². The number of hydrogen-bond acceptors (Lipinski definition) is 3. The maximum absolute atomic E-state index is 13.1. The molecule has 2 N–H and O–H groups in total. The van der Waals surface area contributed by atoms with Crippen molar-refractivity contribution in [2.75, 3.05) is 5.32 Å². The van der Waals surface area contributed by atoms with Crippen LogP contribution in [0.5, 0.6) is 5.75 Å². The highest BCUT2D eigenvalue weighted by atomic mass is 79.9. The van der Waals surface area contributed by atoms with E-state index in [-0.39, 0.29) is 11.7 Å². The van der Waals surface area contributed by atoms with Crippen molar-refractivity contribution in [1.29, 1.82) is 0 Å². The van der Waals surface area contributed by atoms with Crippen molar-refractivity contribution >= 4 is 33.2 Å². The van der Waals surface area contributed by atoms with E-state index in [1.165, 1.54) is 6.20 Å². The molecule has 2 aromatic rings. The summed E-state index contributed by atoms with van der Waals surface area (Å²) in [6.07, 6.45) is 1.54. The van der Waals surface area contributed by atoms with Gasteiger partial charge in [-0.25, -0.2) is 13.8 Å². The molecule has 0 spiro atoms. The highest BCUT2D eigenvalue weighted by Crippen LogP contribution is 2.25. The summed E-state index contributed by atoms with van der Waals surface area (Å²) >= 11 is 9.11. The summed E-state index contributed by atoms with van der Waals surface area (Å²) in [6.45, 7) is 0.145. The highest BCUT2D eigenvalue weighted by molar-refractivity contribution is 9.10. The zero-order valence-corrected chi connectivity index (χ0v) is 11.8. The van der Waals surface area contributed by atoms with E-state index >= 15 is 0 Å². The fourth-order valence-electron chi connectivity index (χ4n) is 1.46. The molecule has 100 valence electrons. The molecule has 7 heteroatoms. The van der Waals surface area contributed by atoms with Gasteiger partial charge in [-0.3, -0.25) is 0 Å². The lowest BCUT2D eigenvalue weighted by Crippen LogP contribution is -2.02. The number of halogens is 4. The molecule has 0 bridgehead atoms. The fraction of sp³-hybridized carbons (Fsp3) is 0.0833. The summed E-state index contributed by atoms with van der Waals surface area (Å²) in [5.74, 6) is -2.99. The van der Waals surface area contributed by atoms with E-state index in [4.69, 9.17) is 16.7 Å². The number of aromatic hydroxyl groups is 1. The Kier molecular flexibility index (Phi) is 4.21. The van der Waals surface area contributed by atoms with E-state index < -0.39 is 17.4 Å². The van der Waals surface area contributed by atoms with Gasteiger partial charge in [0.05, 0.1) is 5.69 Å². The molecular formula is C12H8BrClF2N2O. The van der Waals surface area contributed by atoms with Crippen molar-refractivity contribution in [2.45, 2.75) is 6.54 Å². The van der Waals surface area contributed by atoms with Crippen LogP contribution >= 0.6 is 27.5 Å². The van der Waals surface area contributed by atoms with E-state index in [9.17, 15) is 8.78 Å². The number of phenolic OH excluding ortho intramolecular Hbond substituents is 1. The second kappa shape index (κ2) is 5.71. The predicted octanol–water partition coefficient (Wildman–Crippen LogP) is 4.09. The molecule has 19 heavy (non-hydrogen) atoms. The topological polar surface area (TPSA) is 45.1 Å². The number of rotatable bonds is 3. The van der Waals surface area contributed by atoms with Gasteiger partial charge in [0, 0.05) is 17.2 Å². The van der Waals surface area contributed by atoms with Crippen LogP contribution in [0, 0.1) is 11.6 Å². The SMILES string of the molecule is Oc1c(F)cc(CNc2cc(Br)cnc2Cl)cc1F. The molecule has 0 amide bonds. The van der Waals surface area contributed by atoms with Gasteiger partial charge >= 0.3 is 0 Å². The number of anilines is 1. The van der Waals surface area contributed by atoms with Crippen LogP contribution in [0.2, 0.25) is 5.15 Å². The van der Waals surface area contributed by atoms with Gasteiger partial charge < -0.3 is 10.4 Å². The van der Waals surface area contributed by atoms with Gasteiger partial charge in [-0.05, 0) is 39.7 Å². The molecule has 0 aliphatic carbocycles. The van der Waals surface area contributed by atoms with Crippen LogP contribution in [0.15, 0.2) is 28.9 Å². The average Bonchev–Trinajstić information content (AvgIpc) is 2.37. The first-order valence-electron chi connectivity index (χ1n) is 5.19. The van der Waals surface area contributed by atoms with Crippen molar-refractivity contribution in [3.05, 3.63) is 51.2 Å². The number of nitrogens with one attached hydrogen (secondary N) is 1. The third kappa shape index (κ3) is 3.33. The second-order valence-electron chi connectivity index (χ2n) is 3.75. The summed E-state index contributed by atoms with van der Waals surface area (Å²) in [5, 5.41) is 12.1. The quantitative estimate of drug-likeness (QED) is 0.820. The minimum atomic E-state index is -1.00. The number of pyridine rings is 1. The summed E-state index contributed by atoms with van der Waals surface area (Å²) in [5.41, 5.74) is 0.869. The van der Waals surface area contributed by atoms with Gasteiger partial charge in [-0.15, -0.1) is 0 Å². The Balaban J connectivity index is 2.17. The molecule has 1 heterocycles. The first-order valence-corrected chi connectivity index (χ1v) is 6.36. The van der Waals surface area contributed by atoms with Crippen LogP contribution in [-0.4, -0.2) is 10.1 Å². The van der Waals surface area contributed by atoms with Gasteiger partial charge in [0.15, 0.2) is 22.5 Å². The van der Waals surface area contributed by atoms with Gasteiger partial charge in [0.25, 0.3) is 0 Å². The van der Waals surface area contributed by atoms with Crippen LogP contribution in [0.4, 0.5) is 14.5 Å². The van der Waals surface area contributed by atoms with Crippen molar-refractivity contribution in [3.8, 4) is 5.75 Å². The molecule has 0 unspecified atom stereocenters. The lowest BCUT2D eigenvalue weighted by Gasteiger charge is -2.09. The molecule has 3 nitrogen and oxygen atoms in total. The molecule has 1 aromatic carbocycles. The van der Waals surface area contributed by atoms with Crippen molar-refractivity contribution in [3.63, 3.8) is 0 Å². The van der Waals surface area contributed by atoms with E-state index in [1.54, 1.807) is 6.07 Å². The summed E-state index contributed by atoms with van der Waals surface area (Å²) < 4.78 is 27.0. The summed E-state index contributed by atoms with van der Waals surface area (Å²) in [7, 11) is 0. The van der Waals surface area contributed by atoms with Crippen molar-refractivity contribution < 1.29 is 13.9 Å². The number of benzene rings is 1. The Bertz CT molecular complexity index is 602. The van der Waals surface area contributed by atoms with Gasteiger partial charge in [0.2, 0.25) is 0 Å². The molecule has 1 aromatic heterocycles. The van der Waals surface area contributed by atoms with Crippen LogP contribution in [-0.2, 0) is 6.54 Å². The molecule has 2 rings (SSSR count). The third-order valence-electron chi connectivity index (χ3n) is 2.37. The fourth-order valence-corrected chi connectivity index (χ4v) is 1.97. The Hall–Kier alpha value is -1.40. The zero-order valence-electron chi connectivity index (χ0n) is 9.42. The maximum atomic E-state index is 13.1. The average molecular weight is 350 g/mol. The third-order valence-corrected chi connectivity index (χ3v) is 3.10. The number of phenols is 1. The maximum Gasteiger partial charge on any atom is 0.187 e. The van der Waals surface area contributed by atoms with Crippen molar-refractivity contribution in [2.24, 2.45) is 0 Å². The standard InChI is InChI=1S/C12H8BrClF2N2O/c13-7-3-10(12(14)18-5-7)17-4-6-1-8(15)11(19)9(16)2-6/h1-3,5,17,19H,4H2. The lowest BCUT2D eigenvalue weighted by molar-refractivity contribution is 0.395. The molecule has 0 fully saturated rings. The number of nitrogens with zero attached hydrogens (tertiary/aromatic N) is 1. The molecule has 0 aliphatic heterocycles. The monoisotopic (exact) mass is 348 g/mol. The van der Waals surface area contributed by atoms with Gasteiger partial charge in [-0.1, -0.05) is 11.6 Å². The summed E-state index contributed by atoms with van der Waals surface area (Å²) in [6, 6.07) is 3.79. The number of hydrogen-bond donors (Lipinski definition) is 2. The first kappa shape index (κ1) is 14.0. The van der Waals surface area contributed by atoms with E-state index in [1.807, 2.05) is 0 Å². The normalized spacial score (nSPS) is 10.5. The van der Waals surface area contributed by atoms with Gasteiger partial charge in [0.1, 0.15) is 0 Å². The van der Waals surface area contributed by atoms with E-state index in [0.29, 0.717) is 11.3 Å². The minimum Gasteiger partial charge on any atom is -0.503 e. The molecule has 0 aliphatic rings. The smallest absolute Gasteiger partial charge is 0.187 e. The minimum absolute atomic E-state index is 0.145. The molecule has 0 atom stereocenters. The highest BCUT2D eigenvalue weighted by Gasteiger charge is 2.10. The first-order chi connectivity index (χ1) is 8.97. The van der Waals surface area contributed by atoms with E-state index in [0.717, 1.165) is 16.6 Å². The van der Waals surface area contributed by atoms with Crippen LogP contribution in [0.3, 0.4) is 0 Å². The largest absolute Gasteiger partial charge is 0.503 e. The molecule has 0 saturated heterocycles. The Morgan fingerprint density at radius 1 is 1.26 bits per heavy atom. The predicted molar refractivity (Wildman–Crippen MR) is 72.3 cm³/mol. The van der Waals surface area contributed by atoms with Crippen LogP contribution < -0.4 is 5.32 Å². The zero-order chi connectivity index (χ0) is 14.0. The van der Waals surface area contributed by atoms with Gasteiger partial charge in [-0.2, -0.15) is 0 Å². The van der Waals surface area contributed by atoms with Crippen LogP contribution in [0.1, 0.15) is 5.56 Å². The molecule has 0 radical (unpaired) electrons. The van der Waals surface area contributed by atoms with Crippen molar-refractivity contribution in [1.82, 2.24) is 4.98 Å². The Morgan fingerprint density at radius 2 is 1.89 bits per heavy atom. The molecular weight excluding hydrogens is 341 g/mol. The second-order valence-corrected chi connectivity index (χ2v) is 5.03. The Morgan fingerprint density at radius 3 is 2.53 bits per heavy atom. The number of aromatic nitrogens is 1.